The van der Waals surface area contributed by atoms with Crippen LogP contribution in [0.2, 0.25) is 0 Å². The van der Waals surface area contributed by atoms with Crippen molar-refractivity contribution in [3.8, 4) is 5.69 Å². The van der Waals surface area contributed by atoms with Gasteiger partial charge in [-0.2, -0.15) is 0 Å². The predicted octanol–water partition coefficient (Wildman–Crippen LogP) is 3.43. The van der Waals surface area contributed by atoms with Crippen LogP contribution >= 0.6 is 11.8 Å². The number of nitrogens with one attached hydrogen (secondary N) is 3. The van der Waals surface area contributed by atoms with E-state index in [1.807, 2.05) is 78.2 Å². The van der Waals surface area contributed by atoms with Crippen LogP contribution in [-0.4, -0.2) is 36.4 Å². The molecule has 0 atom stereocenters. The summed E-state index contributed by atoms with van der Waals surface area (Å²) in [6, 6.07) is 22.8. The highest BCUT2D eigenvalue weighted by molar-refractivity contribution is 7.99. The lowest BCUT2D eigenvalue weighted by atomic mass is 10.1. The van der Waals surface area contributed by atoms with Crippen molar-refractivity contribution in [3.05, 3.63) is 111 Å². The second kappa shape index (κ2) is 10.0. The molecule has 0 saturated heterocycles. The molecular weight excluding hydrogens is 476 g/mol. The van der Waals surface area contributed by atoms with Crippen molar-refractivity contribution in [1.82, 2.24) is 24.7 Å². The summed E-state index contributed by atoms with van der Waals surface area (Å²) in [5, 5.41) is 14.1. The summed E-state index contributed by atoms with van der Waals surface area (Å²) in [5.41, 5.74) is 1.95. The van der Waals surface area contributed by atoms with E-state index in [-0.39, 0.29) is 18.1 Å². The van der Waals surface area contributed by atoms with Crippen molar-refractivity contribution in [3.63, 3.8) is 0 Å². The minimum atomic E-state index is -0.584. The van der Waals surface area contributed by atoms with Crippen molar-refractivity contribution in [2.45, 2.75) is 18.5 Å². The third-order valence-corrected chi connectivity index (χ3v) is 6.45. The van der Waals surface area contributed by atoms with E-state index in [1.54, 1.807) is 0 Å². The molecule has 0 fully saturated rings. The second-order valence-electron chi connectivity index (χ2n) is 8.23. The second-order valence-corrected chi connectivity index (χ2v) is 9.17. The highest BCUT2D eigenvalue weighted by atomic mass is 32.2. The molecule has 3 aromatic carbocycles. The molecule has 180 valence electrons. The number of anilines is 1. The Morgan fingerprint density at radius 1 is 0.972 bits per heavy atom. The summed E-state index contributed by atoms with van der Waals surface area (Å²) >= 11 is 1.26. The van der Waals surface area contributed by atoms with Gasteiger partial charge in [-0.15, -0.1) is 10.2 Å². The first-order valence-electron chi connectivity index (χ1n) is 11.2. The number of thioether (sulfide) groups is 1. The first kappa shape index (κ1) is 23.3. The maximum atomic E-state index is 12.8. The van der Waals surface area contributed by atoms with Crippen molar-refractivity contribution < 1.29 is 4.79 Å². The average molecular weight is 499 g/mol. The molecule has 3 N–H and O–H groups in total. The van der Waals surface area contributed by atoms with Crippen LogP contribution in [0.5, 0.6) is 0 Å². The van der Waals surface area contributed by atoms with Crippen molar-refractivity contribution >= 4 is 34.1 Å². The number of carbonyl (C=O) groups excluding carboxylic acids is 1. The molecule has 1 amide bonds. The summed E-state index contributed by atoms with van der Waals surface area (Å²) in [4.78, 5) is 41.1. The van der Waals surface area contributed by atoms with Crippen LogP contribution in [0.3, 0.4) is 0 Å². The largest absolute Gasteiger partial charge is 0.325 e. The van der Waals surface area contributed by atoms with Gasteiger partial charge in [0.05, 0.1) is 5.75 Å². The number of hydrogen-bond donors (Lipinski definition) is 3. The molecule has 0 unspecified atom stereocenters. The molecule has 2 heterocycles. The van der Waals surface area contributed by atoms with Crippen LogP contribution in [0.25, 0.3) is 16.5 Å². The number of H-pyrrole nitrogens is 2. The number of aromatic amines is 2. The number of aryl methyl sites for hydroxylation is 1. The average Bonchev–Trinajstić information content (AvgIpc) is 3.24. The summed E-state index contributed by atoms with van der Waals surface area (Å²) in [7, 11) is 0. The Morgan fingerprint density at radius 2 is 1.78 bits per heavy atom. The SMILES string of the molecule is Cc1cccc(-n2c(Cc3cc(=O)[nH]c(=O)[nH]3)nnc2SCC(=O)Nc2cccc3ccccc23)c1. The normalized spacial score (nSPS) is 11.0. The molecule has 9 nitrogen and oxygen atoms in total. The van der Waals surface area contributed by atoms with Crippen LogP contribution < -0.4 is 16.6 Å². The fourth-order valence-electron chi connectivity index (χ4n) is 3.97. The molecule has 36 heavy (non-hydrogen) atoms. The Bertz CT molecular complexity index is 1650. The number of amides is 1. The van der Waals surface area contributed by atoms with Gasteiger partial charge in [0.25, 0.3) is 5.56 Å². The van der Waals surface area contributed by atoms with Gasteiger partial charge in [0.2, 0.25) is 5.91 Å². The molecule has 2 aromatic heterocycles. The Kier molecular flexibility index (Phi) is 6.50. The minimum absolute atomic E-state index is 0.120. The van der Waals surface area contributed by atoms with Gasteiger partial charge >= 0.3 is 5.69 Å². The Hall–Kier alpha value is -4.44. The van der Waals surface area contributed by atoms with Gasteiger partial charge in [0, 0.05) is 34.9 Å². The van der Waals surface area contributed by atoms with Crippen LogP contribution in [0, 0.1) is 6.92 Å². The number of fused-ring (bicyclic) bond motifs is 1. The highest BCUT2D eigenvalue weighted by Crippen LogP contribution is 2.26. The zero-order valence-electron chi connectivity index (χ0n) is 19.3. The predicted molar refractivity (Wildman–Crippen MR) is 140 cm³/mol. The Morgan fingerprint density at radius 3 is 2.61 bits per heavy atom. The number of hydrogen-bond acceptors (Lipinski definition) is 6. The number of rotatable bonds is 7. The monoisotopic (exact) mass is 498 g/mol. The van der Waals surface area contributed by atoms with Crippen LogP contribution in [-0.2, 0) is 11.2 Å². The van der Waals surface area contributed by atoms with Crippen LogP contribution in [0.15, 0.2) is 87.5 Å². The number of aromatic nitrogens is 5. The van der Waals surface area contributed by atoms with E-state index in [0.29, 0.717) is 16.7 Å². The quantitative estimate of drug-likeness (QED) is 0.295. The van der Waals surface area contributed by atoms with Gasteiger partial charge < -0.3 is 10.3 Å². The van der Waals surface area contributed by atoms with E-state index in [1.165, 1.54) is 17.8 Å². The van der Waals surface area contributed by atoms with Gasteiger partial charge in [-0.05, 0) is 36.1 Å². The molecule has 5 rings (SSSR count). The zero-order valence-corrected chi connectivity index (χ0v) is 20.1. The lowest BCUT2D eigenvalue weighted by molar-refractivity contribution is -0.113. The number of carbonyl (C=O) groups is 1. The van der Waals surface area contributed by atoms with Crippen LogP contribution in [0.1, 0.15) is 17.1 Å². The summed E-state index contributed by atoms with van der Waals surface area (Å²) in [5.74, 6) is 0.476. The van der Waals surface area contributed by atoms with Crippen LogP contribution in [0.4, 0.5) is 5.69 Å². The molecule has 0 aliphatic carbocycles. The topological polar surface area (TPSA) is 126 Å². The fourth-order valence-corrected chi connectivity index (χ4v) is 4.74. The van der Waals surface area contributed by atoms with Crippen molar-refractivity contribution in [1.29, 1.82) is 0 Å². The Labute approximate surface area is 209 Å². The zero-order chi connectivity index (χ0) is 25.1. The summed E-state index contributed by atoms with van der Waals surface area (Å²) in [6.45, 7) is 1.98. The van der Waals surface area contributed by atoms with Gasteiger partial charge in [0.15, 0.2) is 5.16 Å². The molecule has 5 aromatic rings. The third-order valence-electron chi connectivity index (χ3n) is 5.52. The van der Waals surface area contributed by atoms with E-state index in [9.17, 15) is 14.4 Å². The van der Waals surface area contributed by atoms with Gasteiger partial charge in [0.1, 0.15) is 5.82 Å². The lowest BCUT2D eigenvalue weighted by Gasteiger charge is -2.12. The van der Waals surface area contributed by atoms with E-state index in [2.05, 4.69) is 25.5 Å². The lowest BCUT2D eigenvalue weighted by Crippen LogP contribution is -2.23. The fraction of sp³-hybridized carbons (Fsp3) is 0.115. The molecular formula is C26H22N6O3S. The molecule has 0 aliphatic rings. The molecule has 0 saturated carbocycles. The van der Waals surface area contributed by atoms with Crippen molar-refractivity contribution in [2.75, 3.05) is 11.1 Å². The third kappa shape index (κ3) is 5.13. The smallest absolute Gasteiger partial charge is 0.325 e. The maximum Gasteiger partial charge on any atom is 0.325 e. The minimum Gasteiger partial charge on any atom is -0.325 e. The standard InChI is InChI=1S/C26H22N6O3S/c1-16-6-4-9-19(12-16)32-22(13-18-14-23(33)29-25(35)27-18)30-31-26(32)36-15-24(34)28-21-11-5-8-17-7-2-3-10-20(17)21/h2-12,14H,13,15H2,1H3,(H,28,34)(H2,27,29,33,35). The molecule has 10 heteroatoms. The Balaban J connectivity index is 1.41. The summed E-state index contributed by atoms with van der Waals surface area (Å²) < 4.78 is 1.84. The molecule has 0 bridgehead atoms. The van der Waals surface area contributed by atoms with E-state index < -0.39 is 11.2 Å². The van der Waals surface area contributed by atoms with Gasteiger partial charge in [-0.1, -0.05) is 60.3 Å². The van der Waals surface area contributed by atoms with E-state index in [4.69, 9.17) is 0 Å². The summed E-state index contributed by atoms with van der Waals surface area (Å²) in [6.07, 6.45) is 0.183. The molecule has 0 spiro atoms. The first-order chi connectivity index (χ1) is 17.5. The van der Waals surface area contributed by atoms with E-state index >= 15 is 0 Å². The molecule has 0 aliphatic heterocycles. The van der Waals surface area contributed by atoms with Crippen molar-refractivity contribution in [2.24, 2.45) is 0 Å². The maximum absolute atomic E-state index is 12.8. The van der Waals surface area contributed by atoms with Gasteiger partial charge in [-0.3, -0.25) is 19.1 Å². The van der Waals surface area contributed by atoms with Gasteiger partial charge in [-0.25, -0.2) is 4.79 Å². The number of nitrogens with zero attached hydrogens (tertiary/aromatic N) is 3. The van der Waals surface area contributed by atoms with E-state index in [0.717, 1.165) is 27.7 Å². The molecule has 0 radical (unpaired) electrons. The number of benzene rings is 3. The highest BCUT2D eigenvalue weighted by Gasteiger charge is 2.17. The first-order valence-corrected chi connectivity index (χ1v) is 12.2.